The van der Waals surface area contributed by atoms with Gasteiger partial charge in [-0.3, -0.25) is 4.79 Å². The number of benzene rings is 1. The van der Waals surface area contributed by atoms with E-state index in [9.17, 15) is 4.79 Å². The Morgan fingerprint density at radius 1 is 1.45 bits per heavy atom. The predicted octanol–water partition coefficient (Wildman–Crippen LogP) is 3.52. The summed E-state index contributed by atoms with van der Waals surface area (Å²) in [5, 5.41) is 0. The third-order valence-electron chi connectivity index (χ3n) is 4.14. The fraction of sp³-hybridized carbons (Fsp3) is 0.533. The Hall–Kier alpha value is -0.520. The molecule has 0 aliphatic carbocycles. The summed E-state index contributed by atoms with van der Waals surface area (Å²) in [6.45, 7) is 0.695. The third-order valence-corrected chi connectivity index (χ3v) is 5.82. The van der Waals surface area contributed by atoms with Crippen molar-refractivity contribution in [2.24, 2.45) is 5.92 Å². The molecular formula is C15H18BrNO2S. The van der Waals surface area contributed by atoms with Gasteiger partial charge in [0.15, 0.2) is 5.78 Å². The highest BCUT2D eigenvalue weighted by Crippen LogP contribution is 2.41. The topological polar surface area (TPSA) is 52.3 Å². The van der Waals surface area contributed by atoms with Crippen LogP contribution in [0.2, 0.25) is 0 Å². The second-order valence-electron chi connectivity index (χ2n) is 5.66. The molecule has 2 atom stereocenters. The number of nitrogens with two attached hydrogens (primary N) is 1. The molecule has 2 unspecified atom stereocenters. The van der Waals surface area contributed by atoms with Gasteiger partial charge in [0.05, 0.1) is 5.60 Å². The molecular weight excluding hydrogens is 338 g/mol. The number of ketones is 1. The molecule has 5 heteroatoms. The third kappa shape index (κ3) is 2.90. The first-order chi connectivity index (χ1) is 9.58. The van der Waals surface area contributed by atoms with Crippen LogP contribution < -0.4 is 5.73 Å². The average Bonchev–Trinajstić information content (AvgIpc) is 2.85. The number of nitrogen functional groups attached to an aromatic ring is 1. The molecule has 2 saturated heterocycles. The molecule has 1 spiro atoms. The maximum atomic E-state index is 12.7. The quantitative estimate of drug-likeness (QED) is 0.651. The Kier molecular flexibility index (Phi) is 4.11. The molecule has 1 aromatic carbocycles. The van der Waals surface area contributed by atoms with Crippen LogP contribution in [0.5, 0.6) is 0 Å². The van der Waals surface area contributed by atoms with E-state index >= 15 is 0 Å². The molecule has 0 amide bonds. The van der Waals surface area contributed by atoms with Crippen molar-refractivity contribution in [1.29, 1.82) is 0 Å². The molecule has 0 bridgehead atoms. The normalized spacial score (nSPS) is 29.8. The van der Waals surface area contributed by atoms with Crippen LogP contribution in [0.3, 0.4) is 0 Å². The van der Waals surface area contributed by atoms with Crippen molar-refractivity contribution in [1.82, 2.24) is 0 Å². The van der Waals surface area contributed by atoms with Gasteiger partial charge in [-0.05, 0) is 43.2 Å². The summed E-state index contributed by atoms with van der Waals surface area (Å²) < 4.78 is 6.84. The van der Waals surface area contributed by atoms with Gasteiger partial charge >= 0.3 is 0 Å². The molecule has 3 nitrogen and oxygen atoms in total. The van der Waals surface area contributed by atoms with Crippen LogP contribution in [0.15, 0.2) is 22.7 Å². The molecule has 3 rings (SSSR count). The number of thioether (sulfide) groups is 1. The van der Waals surface area contributed by atoms with Crippen LogP contribution in [0.25, 0.3) is 0 Å². The smallest absolute Gasteiger partial charge is 0.166 e. The SMILES string of the molecule is Nc1cc(Br)cc(C(=O)C2CCOC3(CCSC3)C2)c1. The van der Waals surface area contributed by atoms with Crippen LogP contribution in [-0.2, 0) is 4.74 Å². The van der Waals surface area contributed by atoms with E-state index in [0.717, 1.165) is 35.2 Å². The van der Waals surface area contributed by atoms with Gasteiger partial charge in [-0.15, -0.1) is 0 Å². The standard InChI is InChI=1S/C15H18BrNO2S/c16-12-5-11(6-13(17)7-12)14(18)10-1-3-19-15(8-10)2-4-20-9-15/h5-7,10H,1-4,8-9,17H2. The Morgan fingerprint density at radius 2 is 2.30 bits per heavy atom. The Morgan fingerprint density at radius 3 is 3.00 bits per heavy atom. The van der Waals surface area contributed by atoms with Crippen molar-refractivity contribution < 1.29 is 9.53 Å². The lowest BCUT2D eigenvalue weighted by molar-refractivity contribution is -0.0734. The minimum Gasteiger partial charge on any atom is -0.399 e. The number of carbonyl (C=O) groups excluding carboxylic acids is 1. The van der Waals surface area contributed by atoms with Crippen molar-refractivity contribution in [3.8, 4) is 0 Å². The summed E-state index contributed by atoms with van der Waals surface area (Å²) in [5.74, 6) is 2.44. The first kappa shape index (κ1) is 14.4. The molecule has 20 heavy (non-hydrogen) atoms. The second-order valence-corrected chi connectivity index (χ2v) is 7.68. The first-order valence-electron chi connectivity index (χ1n) is 6.90. The van der Waals surface area contributed by atoms with Gasteiger partial charge in [0.25, 0.3) is 0 Å². The van der Waals surface area contributed by atoms with Gasteiger partial charge in [-0.1, -0.05) is 15.9 Å². The van der Waals surface area contributed by atoms with E-state index in [1.54, 1.807) is 6.07 Å². The minimum atomic E-state index is -0.0548. The summed E-state index contributed by atoms with van der Waals surface area (Å²) in [5.41, 5.74) is 7.12. The molecule has 2 fully saturated rings. The van der Waals surface area contributed by atoms with Crippen molar-refractivity contribution in [3.05, 3.63) is 28.2 Å². The van der Waals surface area contributed by atoms with Crippen LogP contribution >= 0.6 is 27.7 Å². The van der Waals surface area contributed by atoms with Crippen molar-refractivity contribution in [2.75, 3.05) is 23.8 Å². The van der Waals surface area contributed by atoms with E-state index in [-0.39, 0.29) is 17.3 Å². The summed E-state index contributed by atoms with van der Waals surface area (Å²) in [7, 11) is 0. The highest BCUT2D eigenvalue weighted by molar-refractivity contribution is 9.10. The number of carbonyl (C=O) groups is 1. The average molecular weight is 356 g/mol. The molecule has 2 N–H and O–H groups in total. The van der Waals surface area contributed by atoms with Gasteiger partial charge in [0, 0.05) is 34.0 Å². The number of anilines is 1. The lowest BCUT2D eigenvalue weighted by atomic mass is 9.81. The summed E-state index contributed by atoms with van der Waals surface area (Å²) in [4.78, 5) is 12.7. The van der Waals surface area contributed by atoms with Crippen molar-refractivity contribution in [2.45, 2.75) is 24.9 Å². The zero-order chi connectivity index (χ0) is 14.2. The van der Waals surface area contributed by atoms with Gasteiger partial charge in [0.1, 0.15) is 0 Å². The van der Waals surface area contributed by atoms with Crippen LogP contribution in [-0.4, -0.2) is 29.5 Å². The minimum absolute atomic E-state index is 0.0548. The zero-order valence-electron chi connectivity index (χ0n) is 11.2. The monoisotopic (exact) mass is 355 g/mol. The Balaban J connectivity index is 1.79. The molecule has 0 aromatic heterocycles. The molecule has 2 aliphatic rings. The van der Waals surface area contributed by atoms with Crippen LogP contribution in [0.1, 0.15) is 29.6 Å². The number of Topliss-reactive ketones (excluding diaryl/α,β-unsaturated/α-hetero) is 1. The van der Waals surface area contributed by atoms with Crippen LogP contribution in [0.4, 0.5) is 5.69 Å². The van der Waals surface area contributed by atoms with Crippen molar-refractivity contribution in [3.63, 3.8) is 0 Å². The summed E-state index contributed by atoms with van der Waals surface area (Å²) in [6.07, 6.45) is 2.74. The van der Waals surface area contributed by atoms with E-state index in [1.807, 2.05) is 23.9 Å². The van der Waals surface area contributed by atoms with E-state index in [1.165, 1.54) is 0 Å². The number of hydrogen-bond acceptors (Lipinski definition) is 4. The highest BCUT2D eigenvalue weighted by Gasteiger charge is 2.42. The van der Waals surface area contributed by atoms with Gasteiger partial charge in [-0.25, -0.2) is 0 Å². The maximum absolute atomic E-state index is 12.7. The molecule has 0 radical (unpaired) electrons. The number of ether oxygens (including phenoxy) is 1. The second kappa shape index (κ2) is 5.70. The fourth-order valence-corrected chi connectivity index (χ4v) is 4.99. The predicted molar refractivity (Wildman–Crippen MR) is 86.2 cm³/mol. The first-order valence-corrected chi connectivity index (χ1v) is 8.85. The fourth-order valence-electron chi connectivity index (χ4n) is 3.11. The van der Waals surface area contributed by atoms with Gasteiger partial charge in [0.2, 0.25) is 0 Å². The lowest BCUT2D eigenvalue weighted by Gasteiger charge is -2.37. The van der Waals surface area contributed by atoms with Crippen LogP contribution in [0, 0.1) is 5.92 Å². The molecule has 2 heterocycles. The Bertz CT molecular complexity index is 508. The summed E-state index contributed by atoms with van der Waals surface area (Å²) in [6, 6.07) is 5.46. The largest absolute Gasteiger partial charge is 0.399 e. The van der Waals surface area contributed by atoms with Gasteiger partial charge in [-0.2, -0.15) is 11.8 Å². The summed E-state index contributed by atoms with van der Waals surface area (Å²) >= 11 is 5.33. The van der Waals surface area contributed by atoms with Crippen molar-refractivity contribution >= 4 is 39.2 Å². The molecule has 0 saturated carbocycles. The lowest BCUT2D eigenvalue weighted by Crippen LogP contribution is -2.42. The number of halogens is 1. The number of hydrogen-bond donors (Lipinski definition) is 1. The number of rotatable bonds is 2. The van der Waals surface area contributed by atoms with E-state index in [2.05, 4.69) is 15.9 Å². The molecule has 108 valence electrons. The molecule has 1 aromatic rings. The van der Waals surface area contributed by atoms with E-state index < -0.39 is 0 Å². The highest BCUT2D eigenvalue weighted by atomic mass is 79.9. The Labute approximate surface area is 131 Å². The van der Waals surface area contributed by atoms with Gasteiger partial charge < -0.3 is 10.5 Å². The maximum Gasteiger partial charge on any atom is 0.166 e. The van der Waals surface area contributed by atoms with E-state index in [0.29, 0.717) is 17.9 Å². The zero-order valence-corrected chi connectivity index (χ0v) is 13.6. The molecule has 2 aliphatic heterocycles. The van der Waals surface area contributed by atoms with E-state index in [4.69, 9.17) is 10.5 Å².